The number of carbonyl (C=O) groups excluding carboxylic acids is 1. The zero-order chi connectivity index (χ0) is 14.0. The average molecular weight is 268 g/mol. The third kappa shape index (κ3) is 17.2. The Bertz CT molecular complexity index is 199. The van der Waals surface area contributed by atoms with Crippen LogP contribution in [0.25, 0.3) is 0 Å². The van der Waals surface area contributed by atoms with Crippen molar-refractivity contribution in [2.75, 3.05) is 0 Å². The standard InChI is InChI=1S/C17H32O2/c1-2-3-4-5-6-7-8-9-10-11-12-13-14-15-16-19-17-18/h15-17H,2-14H2,1H3. The molecular formula is C17H32O2. The van der Waals surface area contributed by atoms with Crippen molar-refractivity contribution >= 4 is 6.47 Å². The van der Waals surface area contributed by atoms with E-state index in [9.17, 15) is 4.79 Å². The topological polar surface area (TPSA) is 26.3 Å². The molecule has 0 N–H and O–H groups in total. The summed E-state index contributed by atoms with van der Waals surface area (Å²) in [6.45, 7) is 2.73. The zero-order valence-electron chi connectivity index (χ0n) is 12.7. The fourth-order valence-electron chi connectivity index (χ4n) is 2.26. The second-order valence-corrected chi connectivity index (χ2v) is 5.28. The SMILES string of the molecule is CCCCCCCCCCCCCCC=COC=O. The number of ether oxygens (including phenoxy) is 1. The minimum Gasteiger partial charge on any atom is -0.437 e. The smallest absolute Gasteiger partial charge is 0.297 e. The van der Waals surface area contributed by atoms with E-state index in [1.807, 2.05) is 6.08 Å². The Hall–Kier alpha value is -0.790. The molecule has 0 aromatic carbocycles. The van der Waals surface area contributed by atoms with Gasteiger partial charge in [0, 0.05) is 0 Å². The van der Waals surface area contributed by atoms with E-state index in [1.54, 1.807) is 0 Å². The molecule has 0 aliphatic carbocycles. The molecule has 0 aliphatic rings. The minimum atomic E-state index is 0.457. The molecule has 0 radical (unpaired) electrons. The maximum absolute atomic E-state index is 9.87. The molecular weight excluding hydrogens is 236 g/mol. The fraction of sp³-hybridized carbons (Fsp3) is 0.824. The van der Waals surface area contributed by atoms with Crippen molar-refractivity contribution in [1.29, 1.82) is 0 Å². The fourth-order valence-corrected chi connectivity index (χ4v) is 2.26. The highest BCUT2D eigenvalue weighted by Gasteiger charge is 1.92. The second-order valence-electron chi connectivity index (χ2n) is 5.28. The van der Waals surface area contributed by atoms with Crippen LogP contribution in [0.2, 0.25) is 0 Å². The number of hydrogen-bond donors (Lipinski definition) is 0. The molecule has 19 heavy (non-hydrogen) atoms. The first kappa shape index (κ1) is 18.2. The van der Waals surface area contributed by atoms with Gasteiger partial charge in [-0.25, -0.2) is 0 Å². The van der Waals surface area contributed by atoms with Crippen LogP contribution in [0.5, 0.6) is 0 Å². The summed E-state index contributed by atoms with van der Waals surface area (Å²) in [5.41, 5.74) is 0. The van der Waals surface area contributed by atoms with Crippen LogP contribution in [0.4, 0.5) is 0 Å². The van der Waals surface area contributed by atoms with Gasteiger partial charge in [-0.3, -0.25) is 4.79 Å². The third-order valence-corrected chi connectivity index (χ3v) is 3.45. The van der Waals surface area contributed by atoms with E-state index in [0.717, 1.165) is 6.42 Å². The Morgan fingerprint density at radius 2 is 1.21 bits per heavy atom. The largest absolute Gasteiger partial charge is 0.437 e. The first-order valence-corrected chi connectivity index (χ1v) is 8.16. The van der Waals surface area contributed by atoms with E-state index in [0.29, 0.717) is 6.47 Å². The number of carbonyl (C=O) groups is 1. The zero-order valence-corrected chi connectivity index (χ0v) is 12.7. The second kappa shape index (κ2) is 17.2. The van der Waals surface area contributed by atoms with Crippen molar-refractivity contribution in [3.63, 3.8) is 0 Å². The molecule has 0 aromatic heterocycles. The van der Waals surface area contributed by atoms with Crippen LogP contribution in [0.1, 0.15) is 90.4 Å². The van der Waals surface area contributed by atoms with Gasteiger partial charge in [0.15, 0.2) is 0 Å². The van der Waals surface area contributed by atoms with Crippen LogP contribution in [0, 0.1) is 0 Å². The van der Waals surface area contributed by atoms with Crippen molar-refractivity contribution in [2.24, 2.45) is 0 Å². The number of unbranched alkanes of at least 4 members (excludes halogenated alkanes) is 12. The van der Waals surface area contributed by atoms with Crippen molar-refractivity contribution in [3.05, 3.63) is 12.3 Å². The van der Waals surface area contributed by atoms with Crippen LogP contribution >= 0.6 is 0 Å². The molecule has 112 valence electrons. The van der Waals surface area contributed by atoms with E-state index < -0.39 is 0 Å². The van der Waals surface area contributed by atoms with E-state index in [-0.39, 0.29) is 0 Å². The van der Waals surface area contributed by atoms with Crippen LogP contribution in [0.15, 0.2) is 12.3 Å². The average Bonchev–Trinajstić information content (AvgIpc) is 2.43. The summed E-state index contributed by atoms with van der Waals surface area (Å²) < 4.78 is 4.48. The molecule has 0 saturated heterocycles. The van der Waals surface area contributed by atoms with Gasteiger partial charge in [-0.15, -0.1) is 0 Å². The maximum Gasteiger partial charge on any atom is 0.297 e. The first-order valence-electron chi connectivity index (χ1n) is 8.16. The quantitative estimate of drug-likeness (QED) is 0.214. The number of allylic oxidation sites excluding steroid dienone is 1. The maximum atomic E-state index is 9.87. The van der Waals surface area contributed by atoms with Gasteiger partial charge in [-0.05, 0) is 18.9 Å². The monoisotopic (exact) mass is 268 g/mol. The Kier molecular flexibility index (Phi) is 16.5. The lowest BCUT2D eigenvalue weighted by atomic mass is 10.0. The summed E-state index contributed by atoms with van der Waals surface area (Å²) in [6.07, 6.45) is 20.9. The lowest BCUT2D eigenvalue weighted by Gasteiger charge is -2.02. The first-order chi connectivity index (χ1) is 9.41. The predicted molar refractivity (Wildman–Crippen MR) is 82.0 cm³/mol. The lowest BCUT2D eigenvalue weighted by molar-refractivity contribution is -0.123. The Morgan fingerprint density at radius 3 is 1.68 bits per heavy atom. The van der Waals surface area contributed by atoms with Gasteiger partial charge < -0.3 is 4.74 Å². The molecule has 0 fully saturated rings. The van der Waals surface area contributed by atoms with Crippen molar-refractivity contribution in [2.45, 2.75) is 90.4 Å². The van der Waals surface area contributed by atoms with Crippen molar-refractivity contribution in [3.8, 4) is 0 Å². The molecule has 0 spiro atoms. The molecule has 0 saturated carbocycles. The molecule has 0 unspecified atom stereocenters. The van der Waals surface area contributed by atoms with Gasteiger partial charge in [-0.2, -0.15) is 0 Å². The minimum absolute atomic E-state index is 0.457. The summed E-state index contributed by atoms with van der Waals surface area (Å²) in [5.74, 6) is 0. The molecule has 0 bridgehead atoms. The summed E-state index contributed by atoms with van der Waals surface area (Å²) in [5, 5.41) is 0. The van der Waals surface area contributed by atoms with E-state index >= 15 is 0 Å². The molecule has 0 aromatic rings. The Morgan fingerprint density at radius 1 is 0.737 bits per heavy atom. The Balaban J connectivity index is 2.97. The number of hydrogen-bond acceptors (Lipinski definition) is 2. The van der Waals surface area contributed by atoms with Crippen LogP contribution in [0.3, 0.4) is 0 Å². The lowest BCUT2D eigenvalue weighted by Crippen LogP contribution is -1.82. The van der Waals surface area contributed by atoms with Crippen molar-refractivity contribution in [1.82, 2.24) is 0 Å². The summed E-state index contributed by atoms with van der Waals surface area (Å²) >= 11 is 0. The molecule has 2 heteroatoms. The highest BCUT2D eigenvalue weighted by Crippen LogP contribution is 2.12. The summed E-state index contributed by atoms with van der Waals surface area (Å²) in [4.78, 5) is 9.87. The molecule has 0 amide bonds. The molecule has 0 atom stereocenters. The van der Waals surface area contributed by atoms with Gasteiger partial charge in [0.25, 0.3) is 6.47 Å². The molecule has 0 aliphatic heterocycles. The predicted octanol–water partition coefficient (Wildman–Crippen LogP) is 5.76. The Labute approximate surface area is 119 Å². The van der Waals surface area contributed by atoms with Crippen LogP contribution in [-0.4, -0.2) is 6.47 Å². The van der Waals surface area contributed by atoms with Crippen LogP contribution in [-0.2, 0) is 9.53 Å². The van der Waals surface area contributed by atoms with Gasteiger partial charge in [0.2, 0.25) is 0 Å². The van der Waals surface area contributed by atoms with Gasteiger partial charge in [-0.1, -0.05) is 77.6 Å². The third-order valence-electron chi connectivity index (χ3n) is 3.45. The summed E-state index contributed by atoms with van der Waals surface area (Å²) in [7, 11) is 0. The van der Waals surface area contributed by atoms with Crippen molar-refractivity contribution < 1.29 is 9.53 Å². The van der Waals surface area contributed by atoms with Crippen LogP contribution < -0.4 is 0 Å². The van der Waals surface area contributed by atoms with E-state index in [1.165, 1.54) is 83.3 Å². The highest BCUT2D eigenvalue weighted by atomic mass is 16.5. The molecule has 2 nitrogen and oxygen atoms in total. The summed E-state index contributed by atoms with van der Waals surface area (Å²) in [6, 6.07) is 0. The molecule has 0 rings (SSSR count). The van der Waals surface area contributed by atoms with Gasteiger partial charge >= 0.3 is 0 Å². The van der Waals surface area contributed by atoms with Gasteiger partial charge in [0.1, 0.15) is 0 Å². The number of rotatable bonds is 15. The van der Waals surface area contributed by atoms with E-state index in [2.05, 4.69) is 11.7 Å². The van der Waals surface area contributed by atoms with Gasteiger partial charge in [0.05, 0.1) is 6.26 Å². The van der Waals surface area contributed by atoms with E-state index in [4.69, 9.17) is 0 Å². The molecule has 0 heterocycles. The highest BCUT2D eigenvalue weighted by molar-refractivity contribution is 5.38. The normalized spacial score (nSPS) is 11.0.